The van der Waals surface area contributed by atoms with Crippen molar-refractivity contribution in [3.8, 4) is 0 Å². The molecule has 0 spiro atoms. The van der Waals surface area contributed by atoms with Gasteiger partial charge in [0, 0.05) is 25.3 Å². The van der Waals surface area contributed by atoms with Crippen molar-refractivity contribution in [1.82, 2.24) is 9.47 Å². The molecule has 0 atom stereocenters. The number of amides is 1. The number of likely N-dealkylation sites (N-methyl/N-ethyl adjacent to an activating group) is 1. The van der Waals surface area contributed by atoms with Crippen molar-refractivity contribution in [2.45, 2.75) is 33.7 Å². The molecule has 0 fully saturated rings. The second kappa shape index (κ2) is 5.76. The summed E-state index contributed by atoms with van der Waals surface area (Å²) in [5, 5.41) is 0. The molecule has 1 amide bonds. The van der Waals surface area contributed by atoms with Crippen LogP contribution in [0.15, 0.2) is 24.4 Å². The fourth-order valence-electron chi connectivity index (χ4n) is 1.91. The van der Waals surface area contributed by atoms with Gasteiger partial charge in [0.2, 0.25) is 0 Å². The SMILES string of the molecule is C=C(C)CN(CC)C(=O)c1cc(N)cn1C(C)C. The molecule has 1 aromatic heterocycles. The Hall–Kier alpha value is -1.71. The number of hydrogen-bond acceptors (Lipinski definition) is 2. The molecule has 0 bridgehead atoms. The molecule has 0 aliphatic carbocycles. The van der Waals surface area contributed by atoms with E-state index in [9.17, 15) is 4.79 Å². The first-order chi connectivity index (χ1) is 8.36. The number of carbonyl (C=O) groups excluding carboxylic acids is 1. The van der Waals surface area contributed by atoms with Crippen LogP contribution in [0.3, 0.4) is 0 Å². The smallest absolute Gasteiger partial charge is 0.270 e. The Morgan fingerprint density at radius 3 is 2.61 bits per heavy atom. The first kappa shape index (κ1) is 14.4. The van der Waals surface area contributed by atoms with Gasteiger partial charge in [-0.1, -0.05) is 12.2 Å². The highest BCUT2D eigenvalue weighted by atomic mass is 16.2. The van der Waals surface area contributed by atoms with Crippen molar-refractivity contribution < 1.29 is 4.79 Å². The summed E-state index contributed by atoms with van der Waals surface area (Å²) in [7, 11) is 0. The minimum Gasteiger partial charge on any atom is -0.397 e. The summed E-state index contributed by atoms with van der Waals surface area (Å²) in [5.74, 6) is 0.00546. The third kappa shape index (κ3) is 3.15. The lowest BCUT2D eigenvalue weighted by molar-refractivity contribution is 0.0766. The molecule has 0 saturated carbocycles. The minimum absolute atomic E-state index is 0.00546. The molecular formula is C14H23N3O. The maximum Gasteiger partial charge on any atom is 0.270 e. The number of rotatable bonds is 5. The van der Waals surface area contributed by atoms with E-state index in [1.165, 1.54) is 0 Å². The molecule has 0 aliphatic heterocycles. The van der Waals surface area contributed by atoms with Crippen molar-refractivity contribution >= 4 is 11.6 Å². The second-order valence-electron chi connectivity index (χ2n) is 4.94. The lowest BCUT2D eigenvalue weighted by Gasteiger charge is -2.22. The lowest BCUT2D eigenvalue weighted by atomic mass is 10.2. The van der Waals surface area contributed by atoms with Gasteiger partial charge >= 0.3 is 0 Å². The Labute approximate surface area is 109 Å². The average Bonchev–Trinajstić information content (AvgIpc) is 2.67. The molecular weight excluding hydrogens is 226 g/mol. The van der Waals surface area contributed by atoms with E-state index < -0.39 is 0 Å². The molecule has 0 unspecified atom stereocenters. The molecule has 0 saturated heterocycles. The number of anilines is 1. The standard InChI is InChI=1S/C14H23N3O/c1-6-16(8-10(2)3)14(18)13-7-12(15)9-17(13)11(4)5/h7,9,11H,2,6,8,15H2,1,3-5H3. The fourth-order valence-corrected chi connectivity index (χ4v) is 1.91. The van der Waals surface area contributed by atoms with Crippen LogP contribution in [0.2, 0.25) is 0 Å². The van der Waals surface area contributed by atoms with Gasteiger partial charge in [-0.15, -0.1) is 0 Å². The van der Waals surface area contributed by atoms with Gasteiger partial charge in [0.25, 0.3) is 5.91 Å². The van der Waals surface area contributed by atoms with Crippen LogP contribution in [0.4, 0.5) is 5.69 Å². The van der Waals surface area contributed by atoms with Crippen LogP contribution < -0.4 is 5.73 Å². The maximum atomic E-state index is 12.5. The third-order valence-electron chi connectivity index (χ3n) is 2.77. The maximum absolute atomic E-state index is 12.5. The van der Waals surface area contributed by atoms with E-state index in [1.54, 1.807) is 11.0 Å². The highest BCUT2D eigenvalue weighted by Crippen LogP contribution is 2.18. The van der Waals surface area contributed by atoms with Crippen LogP contribution in [0.1, 0.15) is 44.2 Å². The van der Waals surface area contributed by atoms with Crippen LogP contribution in [0, 0.1) is 0 Å². The number of aromatic nitrogens is 1. The van der Waals surface area contributed by atoms with Crippen molar-refractivity contribution in [1.29, 1.82) is 0 Å². The Balaban J connectivity index is 3.04. The van der Waals surface area contributed by atoms with Gasteiger partial charge in [-0.3, -0.25) is 4.79 Å². The molecule has 0 aromatic carbocycles. The minimum atomic E-state index is 0.00546. The molecule has 100 valence electrons. The summed E-state index contributed by atoms with van der Waals surface area (Å²) in [5.41, 5.74) is 8.03. The van der Waals surface area contributed by atoms with E-state index in [1.807, 2.05) is 38.5 Å². The zero-order chi connectivity index (χ0) is 13.9. The monoisotopic (exact) mass is 249 g/mol. The van der Waals surface area contributed by atoms with E-state index in [-0.39, 0.29) is 11.9 Å². The van der Waals surface area contributed by atoms with Gasteiger partial charge in [0.15, 0.2) is 0 Å². The first-order valence-corrected chi connectivity index (χ1v) is 6.27. The molecule has 1 heterocycles. The van der Waals surface area contributed by atoms with Crippen LogP contribution in [0.5, 0.6) is 0 Å². The number of nitrogens with zero attached hydrogens (tertiary/aromatic N) is 2. The molecule has 18 heavy (non-hydrogen) atoms. The van der Waals surface area contributed by atoms with Gasteiger partial charge in [-0.2, -0.15) is 0 Å². The number of hydrogen-bond donors (Lipinski definition) is 1. The van der Waals surface area contributed by atoms with Crippen LogP contribution >= 0.6 is 0 Å². The van der Waals surface area contributed by atoms with Crippen molar-refractivity contribution in [3.05, 3.63) is 30.1 Å². The molecule has 1 aromatic rings. The quantitative estimate of drug-likeness (QED) is 0.816. The highest BCUT2D eigenvalue weighted by Gasteiger charge is 2.19. The predicted molar refractivity (Wildman–Crippen MR) is 75.6 cm³/mol. The average molecular weight is 249 g/mol. The van der Waals surface area contributed by atoms with Gasteiger partial charge in [0.05, 0.1) is 5.69 Å². The summed E-state index contributed by atoms with van der Waals surface area (Å²) in [6.45, 7) is 13.1. The van der Waals surface area contributed by atoms with E-state index in [0.29, 0.717) is 24.5 Å². The summed E-state index contributed by atoms with van der Waals surface area (Å²) < 4.78 is 1.92. The predicted octanol–water partition coefficient (Wildman–Crippen LogP) is 2.69. The molecule has 4 heteroatoms. The van der Waals surface area contributed by atoms with E-state index in [2.05, 4.69) is 6.58 Å². The Morgan fingerprint density at radius 1 is 1.56 bits per heavy atom. The number of nitrogens with two attached hydrogens (primary N) is 1. The Kier molecular flexibility index (Phi) is 4.59. The summed E-state index contributed by atoms with van der Waals surface area (Å²) >= 11 is 0. The molecule has 2 N–H and O–H groups in total. The van der Waals surface area contributed by atoms with Crippen molar-refractivity contribution in [3.63, 3.8) is 0 Å². The Bertz CT molecular complexity index is 446. The number of carbonyl (C=O) groups is 1. The summed E-state index contributed by atoms with van der Waals surface area (Å²) in [6, 6.07) is 1.95. The van der Waals surface area contributed by atoms with E-state index in [0.717, 1.165) is 5.57 Å². The van der Waals surface area contributed by atoms with Gasteiger partial charge < -0.3 is 15.2 Å². The molecule has 0 radical (unpaired) electrons. The summed E-state index contributed by atoms with van der Waals surface area (Å²) in [6.07, 6.45) is 1.81. The molecule has 1 rings (SSSR count). The van der Waals surface area contributed by atoms with Gasteiger partial charge in [-0.05, 0) is 33.8 Å². The summed E-state index contributed by atoms with van der Waals surface area (Å²) in [4.78, 5) is 14.2. The van der Waals surface area contributed by atoms with Crippen LogP contribution in [0.25, 0.3) is 0 Å². The highest BCUT2D eigenvalue weighted by molar-refractivity contribution is 5.94. The zero-order valence-electron chi connectivity index (χ0n) is 11.7. The zero-order valence-corrected chi connectivity index (χ0v) is 11.7. The van der Waals surface area contributed by atoms with Crippen LogP contribution in [-0.4, -0.2) is 28.5 Å². The van der Waals surface area contributed by atoms with Gasteiger partial charge in [-0.25, -0.2) is 0 Å². The number of nitrogen functional groups attached to an aromatic ring is 1. The lowest BCUT2D eigenvalue weighted by Crippen LogP contribution is -2.33. The van der Waals surface area contributed by atoms with Crippen molar-refractivity contribution in [2.24, 2.45) is 0 Å². The van der Waals surface area contributed by atoms with E-state index >= 15 is 0 Å². The largest absolute Gasteiger partial charge is 0.397 e. The fraction of sp³-hybridized carbons (Fsp3) is 0.500. The Morgan fingerprint density at radius 2 is 2.17 bits per heavy atom. The second-order valence-corrected chi connectivity index (χ2v) is 4.94. The van der Waals surface area contributed by atoms with Gasteiger partial charge in [0.1, 0.15) is 5.69 Å². The third-order valence-corrected chi connectivity index (χ3v) is 2.77. The van der Waals surface area contributed by atoms with Crippen molar-refractivity contribution in [2.75, 3.05) is 18.8 Å². The molecule has 0 aliphatic rings. The topological polar surface area (TPSA) is 51.3 Å². The van der Waals surface area contributed by atoms with E-state index in [4.69, 9.17) is 5.73 Å². The normalized spacial score (nSPS) is 10.7. The molecule has 4 nitrogen and oxygen atoms in total. The first-order valence-electron chi connectivity index (χ1n) is 6.27. The van der Waals surface area contributed by atoms with Crippen LogP contribution in [-0.2, 0) is 0 Å².